The van der Waals surface area contributed by atoms with E-state index >= 15 is 0 Å². The number of carboxylic acid groups (broad SMARTS) is 1. The number of phenols is 1. The highest BCUT2D eigenvalue weighted by atomic mass is 16.5. The number of amides is 2. The van der Waals surface area contributed by atoms with E-state index in [4.69, 9.17) is 19.4 Å². The first-order chi connectivity index (χ1) is 24.2. The van der Waals surface area contributed by atoms with Crippen molar-refractivity contribution in [1.29, 1.82) is 0 Å². The maximum Gasteiger partial charge on any atom is 0.323 e. The summed E-state index contributed by atoms with van der Waals surface area (Å²) in [6.07, 6.45) is 3.43. The summed E-state index contributed by atoms with van der Waals surface area (Å²) in [6.45, 7) is 4.17. The van der Waals surface area contributed by atoms with Gasteiger partial charge in [-0.05, 0) is 78.0 Å². The average molecular weight is 688 g/mol. The fourth-order valence-corrected chi connectivity index (χ4v) is 4.92. The van der Waals surface area contributed by atoms with Crippen molar-refractivity contribution < 1.29 is 39.5 Å². The Morgan fingerprint density at radius 3 is 2.16 bits per heavy atom. The number of aliphatic hydroxyl groups excluding tert-OH is 2. The Bertz CT molecular complexity index is 1560. The Morgan fingerprint density at radius 1 is 0.740 bits per heavy atom. The molecular formula is C39H49N3O8. The SMILES string of the molecule is CC(=O)O.O=C(Nc1ccc(-c2ccccc2)cc1)Nc1cccc(COCCOCCCCCCNC[C@H](O)c2ccc(O)c(CO)c2)c1. The maximum atomic E-state index is 12.5. The summed E-state index contributed by atoms with van der Waals surface area (Å²) in [5.74, 6) is -0.802. The number of carbonyl (C=O) groups excluding carboxylic acids is 1. The summed E-state index contributed by atoms with van der Waals surface area (Å²) in [5, 5.41) is 45.6. The van der Waals surface area contributed by atoms with Gasteiger partial charge in [0.2, 0.25) is 0 Å². The molecular weight excluding hydrogens is 638 g/mol. The molecule has 11 nitrogen and oxygen atoms in total. The van der Waals surface area contributed by atoms with Gasteiger partial charge in [0.1, 0.15) is 5.75 Å². The van der Waals surface area contributed by atoms with Crippen LogP contribution in [0.4, 0.5) is 16.2 Å². The molecule has 0 bridgehead atoms. The van der Waals surface area contributed by atoms with Crippen molar-refractivity contribution in [3.05, 3.63) is 114 Å². The van der Waals surface area contributed by atoms with Gasteiger partial charge >= 0.3 is 6.03 Å². The molecule has 0 heterocycles. The van der Waals surface area contributed by atoms with Crippen LogP contribution in [0.1, 0.15) is 55.4 Å². The predicted molar refractivity (Wildman–Crippen MR) is 195 cm³/mol. The number of urea groups is 1. The van der Waals surface area contributed by atoms with Crippen molar-refractivity contribution in [2.24, 2.45) is 0 Å². The molecule has 50 heavy (non-hydrogen) atoms. The largest absolute Gasteiger partial charge is 0.508 e. The molecule has 0 unspecified atom stereocenters. The molecule has 0 aromatic heterocycles. The number of carbonyl (C=O) groups is 2. The highest BCUT2D eigenvalue weighted by Gasteiger charge is 2.10. The van der Waals surface area contributed by atoms with Gasteiger partial charge in [0.05, 0.1) is 32.5 Å². The zero-order chi connectivity index (χ0) is 36.0. The minimum absolute atomic E-state index is 0.0311. The Labute approximate surface area is 293 Å². The molecule has 4 aromatic rings. The quantitative estimate of drug-likeness (QED) is 0.0530. The lowest BCUT2D eigenvalue weighted by Gasteiger charge is -2.14. The van der Waals surface area contributed by atoms with Gasteiger partial charge in [-0.1, -0.05) is 73.5 Å². The fraction of sp³-hybridized carbons (Fsp3) is 0.333. The summed E-state index contributed by atoms with van der Waals surface area (Å²) >= 11 is 0. The van der Waals surface area contributed by atoms with Crippen LogP contribution in [-0.4, -0.2) is 65.3 Å². The predicted octanol–water partition coefficient (Wildman–Crippen LogP) is 6.70. The second-order valence-electron chi connectivity index (χ2n) is 11.6. The number of rotatable bonds is 19. The van der Waals surface area contributed by atoms with E-state index in [-0.39, 0.29) is 18.4 Å². The average Bonchev–Trinajstić information content (AvgIpc) is 3.11. The van der Waals surface area contributed by atoms with E-state index in [1.54, 1.807) is 12.1 Å². The van der Waals surface area contributed by atoms with E-state index in [1.807, 2.05) is 66.7 Å². The molecule has 0 spiro atoms. The standard InChI is InChI=1S/C37H45N3O6.C2H4O2/c41-26-32-24-31(15-18-35(32)42)36(43)25-38-19-6-1-2-7-20-45-21-22-46-27-28-9-8-12-34(23-28)40-37(44)39-33-16-13-30(14-17-33)29-10-4-3-5-11-29;1-2(3)4/h3-5,8-18,23-24,36,38,41-43H,1-2,6-7,19-22,25-27H2,(H2,39,40,44);1H3,(H,3,4)/t36-;/m0./s1. The van der Waals surface area contributed by atoms with Gasteiger partial charge in [0, 0.05) is 37.0 Å². The topological polar surface area (TPSA) is 170 Å². The van der Waals surface area contributed by atoms with Crippen LogP contribution in [0.3, 0.4) is 0 Å². The highest BCUT2D eigenvalue weighted by molar-refractivity contribution is 5.99. The van der Waals surface area contributed by atoms with Gasteiger partial charge in [-0.2, -0.15) is 0 Å². The number of carboxylic acids is 1. The smallest absolute Gasteiger partial charge is 0.323 e. The summed E-state index contributed by atoms with van der Waals surface area (Å²) in [6, 6.07) is 29.9. The maximum absolute atomic E-state index is 12.5. The number of aliphatic carboxylic acids is 1. The minimum Gasteiger partial charge on any atom is -0.508 e. The van der Waals surface area contributed by atoms with E-state index < -0.39 is 12.1 Å². The highest BCUT2D eigenvalue weighted by Crippen LogP contribution is 2.23. The number of hydrogen-bond acceptors (Lipinski definition) is 8. The molecule has 0 aliphatic heterocycles. The molecule has 0 aliphatic rings. The van der Waals surface area contributed by atoms with Gasteiger partial charge in [0.25, 0.3) is 5.97 Å². The first-order valence-corrected chi connectivity index (χ1v) is 16.7. The summed E-state index contributed by atoms with van der Waals surface area (Å²) in [7, 11) is 0. The van der Waals surface area contributed by atoms with Gasteiger partial charge in [-0.3, -0.25) is 4.79 Å². The first-order valence-electron chi connectivity index (χ1n) is 16.7. The molecule has 2 amide bonds. The molecule has 0 fully saturated rings. The number of benzene rings is 4. The summed E-state index contributed by atoms with van der Waals surface area (Å²) in [5.41, 5.74) is 5.66. The molecule has 0 radical (unpaired) electrons. The number of hydrogen-bond donors (Lipinski definition) is 7. The lowest BCUT2D eigenvalue weighted by molar-refractivity contribution is -0.134. The molecule has 4 aromatic carbocycles. The first kappa shape index (κ1) is 39.7. The molecule has 7 N–H and O–H groups in total. The Kier molecular flexibility index (Phi) is 18.1. The minimum atomic E-state index is -0.833. The van der Waals surface area contributed by atoms with Crippen LogP contribution in [-0.2, 0) is 27.5 Å². The monoisotopic (exact) mass is 687 g/mol. The lowest BCUT2D eigenvalue weighted by Crippen LogP contribution is -2.22. The van der Waals surface area contributed by atoms with E-state index in [0.717, 1.165) is 55.8 Å². The van der Waals surface area contributed by atoms with Crippen LogP contribution < -0.4 is 16.0 Å². The van der Waals surface area contributed by atoms with E-state index in [0.29, 0.717) is 55.5 Å². The molecule has 0 aliphatic carbocycles. The molecule has 11 heteroatoms. The van der Waals surface area contributed by atoms with Gasteiger partial charge in [-0.25, -0.2) is 4.79 Å². The summed E-state index contributed by atoms with van der Waals surface area (Å²) in [4.78, 5) is 21.5. The van der Waals surface area contributed by atoms with Crippen LogP contribution in [0.5, 0.6) is 5.75 Å². The van der Waals surface area contributed by atoms with E-state index in [9.17, 15) is 20.1 Å². The van der Waals surface area contributed by atoms with Crippen LogP contribution in [0, 0.1) is 0 Å². The van der Waals surface area contributed by atoms with Crippen molar-refractivity contribution in [2.75, 3.05) is 43.5 Å². The van der Waals surface area contributed by atoms with Crippen molar-refractivity contribution in [3.63, 3.8) is 0 Å². The molecule has 0 saturated carbocycles. The van der Waals surface area contributed by atoms with Crippen LogP contribution >= 0.6 is 0 Å². The number of nitrogens with one attached hydrogen (secondary N) is 3. The van der Waals surface area contributed by atoms with Crippen molar-refractivity contribution in [2.45, 2.75) is 51.9 Å². The van der Waals surface area contributed by atoms with E-state index in [2.05, 4.69) is 28.1 Å². The zero-order valence-electron chi connectivity index (χ0n) is 28.5. The van der Waals surface area contributed by atoms with Crippen molar-refractivity contribution >= 4 is 23.4 Å². The van der Waals surface area contributed by atoms with Crippen molar-refractivity contribution in [3.8, 4) is 16.9 Å². The van der Waals surface area contributed by atoms with Gasteiger partial charge in [0.15, 0.2) is 0 Å². The molecule has 1 atom stereocenters. The normalized spacial score (nSPS) is 11.3. The Morgan fingerprint density at radius 2 is 1.42 bits per heavy atom. The Balaban J connectivity index is 0.00000160. The third-order valence-corrected chi connectivity index (χ3v) is 7.46. The second-order valence-corrected chi connectivity index (χ2v) is 11.6. The van der Waals surface area contributed by atoms with E-state index in [1.165, 1.54) is 6.07 Å². The fourth-order valence-electron chi connectivity index (χ4n) is 4.92. The number of aromatic hydroxyl groups is 1. The van der Waals surface area contributed by atoms with Crippen LogP contribution in [0.2, 0.25) is 0 Å². The summed E-state index contributed by atoms with van der Waals surface area (Å²) < 4.78 is 11.5. The number of anilines is 2. The number of aliphatic hydroxyl groups is 2. The zero-order valence-corrected chi connectivity index (χ0v) is 28.5. The van der Waals surface area contributed by atoms with Crippen molar-refractivity contribution in [1.82, 2.24) is 5.32 Å². The van der Waals surface area contributed by atoms with Crippen LogP contribution in [0.15, 0.2) is 97.1 Å². The molecule has 0 saturated heterocycles. The third kappa shape index (κ3) is 15.6. The van der Waals surface area contributed by atoms with Crippen LogP contribution in [0.25, 0.3) is 11.1 Å². The lowest BCUT2D eigenvalue weighted by atomic mass is 10.1. The molecule has 268 valence electrons. The van der Waals surface area contributed by atoms with Gasteiger partial charge < -0.3 is 45.9 Å². The number of unbranched alkanes of at least 4 members (excludes halogenated alkanes) is 3. The van der Waals surface area contributed by atoms with Gasteiger partial charge in [-0.15, -0.1) is 0 Å². The molecule has 4 rings (SSSR count). The number of ether oxygens (including phenoxy) is 2. The third-order valence-electron chi connectivity index (χ3n) is 7.46. The Hall–Kier alpha value is -4.78. The second kappa shape index (κ2) is 22.8.